The van der Waals surface area contributed by atoms with Gasteiger partial charge in [-0.15, -0.1) is 0 Å². The highest BCUT2D eigenvalue weighted by Crippen LogP contribution is 2.25. The molecule has 2 heterocycles. The summed E-state index contributed by atoms with van der Waals surface area (Å²) in [7, 11) is 0. The van der Waals surface area contributed by atoms with Crippen LogP contribution in [-0.4, -0.2) is 47.6 Å². The predicted molar refractivity (Wildman–Crippen MR) is 66.7 cm³/mol. The number of rotatable bonds is 2. The number of nitrogens with one attached hydrogen (secondary N) is 1. The number of amides is 2. The van der Waals surface area contributed by atoms with E-state index in [0.717, 1.165) is 19.3 Å². The Balaban J connectivity index is 1.99. The van der Waals surface area contributed by atoms with E-state index in [1.807, 2.05) is 11.8 Å². The number of nitrogens with zero attached hydrogens (tertiary/aromatic N) is 1. The van der Waals surface area contributed by atoms with Gasteiger partial charge < -0.3 is 15.3 Å². The number of carbonyl (C=O) groups is 2. The molecule has 2 aliphatic heterocycles. The molecule has 3 atom stereocenters. The van der Waals surface area contributed by atoms with Gasteiger partial charge in [-0.2, -0.15) is 0 Å². The molecular formula is C13H22N2O3. The summed E-state index contributed by atoms with van der Waals surface area (Å²) >= 11 is 0. The van der Waals surface area contributed by atoms with Gasteiger partial charge in [0.25, 0.3) is 0 Å². The molecule has 0 aromatic heterocycles. The van der Waals surface area contributed by atoms with Crippen molar-refractivity contribution in [1.29, 1.82) is 0 Å². The fraction of sp³-hybridized carbons (Fsp3) is 0.846. The van der Waals surface area contributed by atoms with Crippen molar-refractivity contribution >= 4 is 11.8 Å². The van der Waals surface area contributed by atoms with Crippen LogP contribution in [0.25, 0.3) is 0 Å². The zero-order valence-electron chi connectivity index (χ0n) is 10.9. The van der Waals surface area contributed by atoms with Gasteiger partial charge in [0.1, 0.15) is 0 Å². The molecule has 102 valence electrons. The highest BCUT2D eigenvalue weighted by Gasteiger charge is 2.34. The molecule has 2 aliphatic rings. The van der Waals surface area contributed by atoms with Gasteiger partial charge >= 0.3 is 0 Å². The summed E-state index contributed by atoms with van der Waals surface area (Å²) < 4.78 is 0. The van der Waals surface area contributed by atoms with Crippen molar-refractivity contribution in [3.63, 3.8) is 0 Å². The first-order valence-corrected chi connectivity index (χ1v) is 6.80. The molecule has 2 N–H and O–H groups in total. The average molecular weight is 254 g/mol. The molecular weight excluding hydrogens is 232 g/mol. The Hall–Kier alpha value is -1.10. The second-order valence-corrected chi connectivity index (χ2v) is 5.51. The molecule has 0 aliphatic carbocycles. The molecule has 0 bridgehead atoms. The number of likely N-dealkylation sites (tertiary alicyclic amines) is 1. The van der Waals surface area contributed by atoms with Crippen LogP contribution >= 0.6 is 0 Å². The normalized spacial score (nSPS) is 33.1. The fourth-order valence-electron chi connectivity index (χ4n) is 2.87. The van der Waals surface area contributed by atoms with E-state index in [4.69, 9.17) is 0 Å². The topological polar surface area (TPSA) is 69.6 Å². The van der Waals surface area contributed by atoms with Crippen LogP contribution < -0.4 is 5.32 Å². The lowest BCUT2D eigenvalue weighted by atomic mass is 9.90. The minimum atomic E-state index is -0.168. The molecule has 2 fully saturated rings. The van der Waals surface area contributed by atoms with Crippen molar-refractivity contribution in [2.75, 3.05) is 19.7 Å². The summed E-state index contributed by atoms with van der Waals surface area (Å²) in [5.74, 6) is 0.0969. The van der Waals surface area contributed by atoms with Gasteiger partial charge in [-0.1, -0.05) is 0 Å². The van der Waals surface area contributed by atoms with Gasteiger partial charge in [-0.3, -0.25) is 9.59 Å². The Bertz CT molecular complexity index is 332. The minimum absolute atomic E-state index is 0.0250. The Labute approximate surface area is 108 Å². The molecule has 2 rings (SSSR count). The van der Waals surface area contributed by atoms with E-state index in [1.54, 1.807) is 0 Å². The molecule has 2 amide bonds. The molecule has 0 aromatic rings. The van der Waals surface area contributed by atoms with Crippen molar-refractivity contribution in [3.05, 3.63) is 0 Å². The number of piperidine rings is 2. The summed E-state index contributed by atoms with van der Waals surface area (Å²) in [5, 5.41) is 12.0. The Morgan fingerprint density at radius 3 is 2.89 bits per heavy atom. The van der Waals surface area contributed by atoms with E-state index in [1.165, 1.54) is 0 Å². The van der Waals surface area contributed by atoms with Crippen LogP contribution in [0.1, 0.15) is 32.6 Å². The zero-order valence-corrected chi connectivity index (χ0v) is 10.9. The molecule has 0 saturated carbocycles. The third-order valence-corrected chi connectivity index (χ3v) is 4.12. The quantitative estimate of drug-likeness (QED) is 0.736. The van der Waals surface area contributed by atoms with Gasteiger partial charge in [0, 0.05) is 38.1 Å². The number of hydrogen-bond acceptors (Lipinski definition) is 3. The van der Waals surface area contributed by atoms with E-state index >= 15 is 0 Å². The maximum Gasteiger partial charge on any atom is 0.226 e. The van der Waals surface area contributed by atoms with Crippen LogP contribution in [0.4, 0.5) is 0 Å². The van der Waals surface area contributed by atoms with Crippen LogP contribution in [0, 0.1) is 11.8 Å². The third-order valence-electron chi connectivity index (χ3n) is 4.12. The summed E-state index contributed by atoms with van der Waals surface area (Å²) in [6.45, 7) is 3.42. The second-order valence-electron chi connectivity index (χ2n) is 5.51. The van der Waals surface area contributed by atoms with Crippen molar-refractivity contribution in [2.45, 2.75) is 38.6 Å². The van der Waals surface area contributed by atoms with Gasteiger partial charge in [0.15, 0.2) is 0 Å². The van der Waals surface area contributed by atoms with Gasteiger partial charge in [-0.25, -0.2) is 0 Å². The number of hydrogen-bond donors (Lipinski definition) is 2. The average Bonchev–Trinajstić information content (AvgIpc) is 2.38. The van der Waals surface area contributed by atoms with Crippen LogP contribution in [0.3, 0.4) is 0 Å². The monoisotopic (exact) mass is 254 g/mol. The number of carbonyl (C=O) groups excluding carboxylic acids is 2. The molecule has 5 nitrogen and oxygen atoms in total. The largest absolute Gasteiger partial charge is 0.396 e. The smallest absolute Gasteiger partial charge is 0.226 e. The molecule has 2 saturated heterocycles. The lowest BCUT2D eigenvalue weighted by Gasteiger charge is -2.39. The van der Waals surface area contributed by atoms with Crippen molar-refractivity contribution in [3.8, 4) is 0 Å². The number of aliphatic hydroxyl groups excluding tert-OH is 1. The van der Waals surface area contributed by atoms with E-state index < -0.39 is 0 Å². The zero-order chi connectivity index (χ0) is 13.1. The van der Waals surface area contributed by atoms with Gasteiger partial charge in [0.2, 0.25) is 11.8 Å². The Morgan fingerprint density at radius 1 is 1.44 bits per heavy atom. The van der Waals surface area contributed by atoms with Crippen molar-refractivity contribution < 1.29 is 14.7 Å². The molecule has 3 unspecified atom stereocenters. The van der Waals surface area contributed by atoms with Gasteiger partial charge in [0.05, 0.1) is 0 Å². The predicted octanol–water partition coefficient (Wildman–Crippen LogP) is 0.132. The van der Waals surface area contributed by atoms with E-state index in [-0.39, 0.29) is 36.3 Å². The van der Waals surface area contributed by atoms with Crippen LogP contribution in [-0.2, 0) is 9.59 Å². The first-order valence-electron chi connectivity index (χ1n) is 6.80. The first-order chi connectivity index (χ1) is 8.61. The highest BCUT2D eigenvalue weighted by molar-refractivity contribution is 5.87. The maximum absolute atomic E-state index is 12.4. The second kappa shape index (κ2) is 5.69. The standard InChI is InChI=1S/C13H22N2O3/c1-9-2-3-10(8-16)7-15(9)13(18)11-4-5-14-12(17)6-11/h9-11,16H,2-8H2,1H3,(H,14,17). The molecule has 0 aromatic carbocycles. The Morgan fingerprint density at radius 2 is 2.22 bits per heavy atom. The molecule has 0 spiro atoms. The molecule has 5 heteroatoms. The van der Waals surface area contributed by atoms with Crippen molar-refractivity contribution in [2.24, 2.45) is 11.8 Å². The van der Waals surface area contributed by atoms with Gasteiger partial charge in [-0.05, 0) is 32.1 Å². The SMILES string of the molecule is CC1CCC(CO)CN1C(=O)C1CCNC(=O)C1. The highest BCUT2D eigenvalue weighted by atomic mass is 16.3. The molecule has 0 radical (unpaired) electrons. The summed E-state index contributed by atoms with van der Waals surface area (Å²) in [6, 6.07) is 0.227. The Kier molecular flexibility index (Phi) is 4.22. The van der Waals surface area contributed by atoms with E-state index in [0.29, 0.717) is 19.5 Å². The molecule has 18 heavy (non-hydrogen) atoms. The van der Waals surface area contributed by atoms with Crippen LogP contribution in [0.5, 0.6) is 0 Å². The maximum atomic E-state index is 12.4. The third kappa shape index (κ3) is 2.83. The van der Waals surface area contributed by atoms with Crippen LogP contribution in [0.15, 0.2) is 0 Å². The fourth-order valence-corrected chi connectivity index (χ4v) is 2.87. The minimum Gasteiger partial charge on any atom is -0.396 e. The number of aliphatic hydroxyl groups is 1. The summed E-state index contributed by atoms with van der Waals surface area (Å²) in [6.07, 6.45) is 2.96. The van der Waals surface area contributed by atoms with E-state index in [2.05, 4.69) is 5.32 Å². The first kappa shape index (κ1) is 13.3. The lowest BCUT2D eigenvalue weighted by molar-refractivity contribution is -0.144. The summed E-state index contributed by atoms with van der Waals surface area (Å²) in [4.78, 5) is 25.6. The van der Waals surface area contributed by atoms with E-state index in [9.17, 15) is 14.7 Å². The van der Waals surface area contributed by atoms with Crippen LogP contribution in [0.2, 0.25) is 0 Å². The lowest BCUT2D eigenvalue weighted by Crippen LogP contribution is -2.50. The van der Waals surface area contributed by atoms with Crippen molar-refractivity contribution in [1.82, 2.24) is 10.2 Å². The summed E-state index contributed by atoms with van der Waals surface area (Å²) in [5.41, 5.74) is 0.